The van der Waals surface area contributed by atoms with Crippen LogP contribution in [0.5, 0.6) is 0 Å². The molecule has 1 heterocycles. The summed E-state index contributed by atoms with van der Waals surface area (Å²) in [5.41, 5.74) is -0.183. The van der Waals surface area contributed by atoms with Crippen molar-refractivity contribution >= 4 is 11.8 Å². The molecule has 0 saturated heterocycles. The van der Waals surface area contributed by atoms with Gasteiger partial charge in [0.25, 0.3) is 11.5 Å². The average molecular weight is 307 g/mol. The Morgan fingerprint density at radius 1 is 1.33 bits per heavy atom. The van der Waals surface area contributed by atoms with Crippen molar-refractivity contribution in [3.8, 4) is 17.3 Å². The first-order valence-electron chi connectivity index (χ1n) is 5.94. The molecule has 1 N–H and O–H groups in total. The van der Waals surface area contributed by atoms with Crippen LogP contribution in [0.3, 0.4) is 0 Å². The van der Waals surface area contributed by atoms with Gasteiger partial charge in [-0.15, -0.1) is 0 Å². The van der Waals surface area contributed by atoms with E-state index >= 15 is 0 Å². The Labute approximate surface area is 123 Å². The van der Waals surface area contributed by atoms with Gasteiger partial charge in [0.2, 0.25) is 0 Å². The minimum Gasteiger partial charge on any atom is -0.300 e. The lowest BCUT2D eigenvalue weighted by molar-refractivity contribution is 0.0175. The maximum Gasteiger partial charge on any atom is 0.270 e. The molecule has 0 spiro atoms. The molecule has 0 aliphatic heterocycles. The Morgan fingerprint density at radius 3 is 2.43 bits per heavy atom. The molecule has 0 bridgehead atoms. The van der Waals surface area contributed by atoms with E-state index in [1.165, 1.54) is 36.0 Å². The summed E-state index contributed by atoms with van der Waals surface area (Å²) in [5.74, 6) is -2.94. The van der Waals surface area contributed by atoms with Gasteiger partial charge < -0.3 is 4.98 Å². The molecular formula is C14H11F2N3OS. The maximum absolute atomic E-state index is 13.2. The lowest BCUT2D eigenvalue weighted by Gasteiger charge is -2.11. The van der Waals surface area contributed by atoms with Crippen LogP contribution in [0, 0.1) is 11.3 Å². The molecule has 2 rings (SSSR count). The van der Waals surface area contributed by atoms with Gasteiger partial charge in [0.1, 0.15) is 11.6 Å². The third-order valence-electron chi connectivity index (χ3n) is 2.87. The molecule has 0 unspecified atom stereocenters. The summed E-state index contributed by atoms with van der Waals surface area (Å²) >= 11 is 1.22. The van der Waals surface area contributed by atoms with Gasteiger partial charge in [-0.05, 0) is 6.26 Å². The van der Waals surface area contributed by atoms with Crippen molar-refractivity contribution in [1.29, 1.82) is 5.26 Å². The number of hydrogen-bond acceptors (Lipinski definition) is 4. The molecule has 21 heavy (non-hydrogen) atoms. The van der Waals surface area contributed by atoms with Crippen LogP contribution in [0.1, 0.15) is 18.1 Å². The number of benzene rings is 1. The summed E-state index contributed by atoms with van der Waals surface area (Å²) in [5, 5.41) is 9.43. The summed E-state index contributed by atoms with van der Waals surface area (Å²) in [4.78, 5) is 18.5. The van der Waals surface area contributed by atoms with Crippen molar-refractivity contribution in [2.45, 2.75) is 18.0 Å². The number of thioether (sulfide) groups is 1. The molecule has 0 amide bonds. The molecule has 7 heteroatoms. The van der Waals surface area contributed by atoms with E-state index in [0.717, 1.165) is 6.92 Å². The second-order valence-corrected chi connectivity index (χ2v) is 5.17. The van der Waals surface area contributed by atoms with E-state index in [1.807, 2.05) is 0 Å². The number of aromatic nitrogens is 2. The summed E-state index contributed by atoms with van der Waals surface area (Å²) in [6.45, 7) is 0.806. The van der Waals surface area contributed by atoms with Crippen molar-refractivity contribution in [2.24, 2.45) is 0 Å². The Hall–Kier alpha value is -2.20. The normalized spacial score (nSPS) is 11.2. The number of nitrogens with one attached hydrogen (secondary N) is 1. The van der Waals surface area contributed by atoms with Crippen molar-refractivity contribution in [3.63, 3.8) is 0 Å². The number of rotatable bonds is 3. The number of nitrogens with zero attached hydrogens (tertiary/aromatic N) is 2. The zero-order chi connectivity index (χ0) is 15.6. The third-order valence-corrected chi connectivity index (χ3v) is 3.45. The first-order valence-corrected chi connectivity index (χ1v) is 7.16. The lowest BCUT2D eigenvalue weighted by Crippen LogP contribution is -2.14. The number of H-pyrrole nitrogens is 1. The molecule has 4 nitrogen and oxygen atoms in total. The molecule has 108 valence electrons. The van der Waals surface area contributed by atoms with Crippen LogP contribution >= 0.6 is 11.8 Å². The highest BCUT2D eigenvalue weighted by Crippen LogP contribution is 2.29. The van der Waals surface area contributed by atoms with Crippen molar-refractivity contribution in [3.05, 3.63) is 45.7 Å². The molecule has 1 aromatic heterocycles. The highest BCUT2D eigenvalue weighted by Gasteiger charge is 2.24. The second-order valence-electron chi connectivity index (χ2n) is 4.38. The fraction of sp³-hybridized carbons (Fsp3) is 0.214. The van der Waals surface area contributed by atoms with Crippen LogP contribution in [0.2, 0.25) is 0 Å². The molecule has 0 aliphatic rings. The topological polar surface area (TPSA) is 69.5 Å². The van der Waals surface area contributed by atoms with Crippen LogP contribution in [-0.4, -0.2) is 16.2 Å². The first-order chi connectivity index (χ1) is 9.86. The van der Waals surface area contributed by atoms with Crippen LogP contribution in [0.25, 0.3) is 11.3 Å². The smallest absolute Gasteiger partial charge is 0.270 e. The number of hydrogen-bond donors (Lipinski definition) is 1. The number of nitriles is 1. The maximum atomic E-state index is 13.2. The Balaban J connectivity index is 2.59. The third kappa shape index (κ3) is 3.11. The van der Waals surface area contributed by atoms with E-state index in [-0.39, 0.29) is 16.8 Å². The molecule has 0 radical (unpaired) electrons. The predicted molar refractivity (Wildman–Crippen MR) is 76.4 cm³/mol. The zero-order valence-electron chi connectivity index (χ0n) is 11.3. The minimum atomic E-state index is -2.94. The first kappa shape index (κ1) is 15.2. The van der Waals surface area contributed by atoms with Crippen molar-refractivity contribution in [1.82, 2.24) is 9.97 Å². The van der Waals surface area contributed by atoms with Gasteiger partial charge in [-0.2, -0.15) is 5.26 Å². The molecule has 0 atom stereocenters. The van der Waals surface area contributed by atoms with Crippen LogP contribution in [-0.2, 0) is 5.92 Å². The molecule has 0 fully saturated rings. The number of aromatic amines is 1. The van der Waals surface area contributed by atoms with Gasteiger partial charge in [0, 0.05) is 18.1 Å². The standard InChI is InChI=1S/C14H11F2N3OS/c1-14(15,16)9-5-3-8(4-6-9)11-10(7-17)12(20)19-13(18-11)21-2/h3-6H,1-2H3,(H,18,19,20). The molecule has 1 aromatic carbocycles. The highest BCUT2D eigenvalue weighted by molar-refractivity contribution is 7.98. The molecule has 2 aromatic rings. The van der Waals surface area contributed by atoms with E-state index in [0.29, 0.717) is 10.7 Å². The van der Waals surface area contributed by atoms with Gasteiger partial charge in [-0.1, -0.05) is 36.0 Å². The van der Waals surface area contributed by atoms with Crippen LogP contribution in [0.4, 0.5) is 8.78 Å². The highest BCUT2D eigenvalue weighted by atomic mass is 32.2. The van der Waals surface area contributed by atoms with Gasteiger partial charge in [0.05, 0.1) is 5.69 Å². The lowest BCUT2D eigenvalue weighted by atomic mass is 10.0. The quantitative estimate of drug-likeness (QED) is 0.698. The summed E-state index contributed by atoms with van der Waals surface area (Å²) in [6.07, 6.45) is 1.73. The monoisotopic (exact) mass is 307 g/mol. The van der Waals surface area contributed by atoms with E-state index in [9.17, 15) is 13.6 Å². The van der Waals surface area contributed by atoms with Crippen LogP contribution in [0.15, 0.2) is 34.2 Å². The Kier molecular flexibility index (Phi) is 4.09. The predicted octanol–water partition coefficient (Wildman–Crippen LogP) is 3.14. The van der Waals surface area contributed by atoms with Gasteiger partial charge in [-0.3, -0.25) is 4.79 Å². The van der Waals surface area contributed by atoms with Gasteiger partial charge >= 0.3 is 0 Å². The molecule has 0 saturated carbocycles. The van der Waals surface area contributed by atoms with Crippen molar-refractivity contribution in [2.75, 3.05) is 6.26 Å². The van der Waals surface area contributed by atoms with Crippen LogP contribution < -0.4 is 5.56 Å². The summed E-state index contributed by atoms with van der Waals surface area (Å²) in [6, 6.07) is 7.18. The number of alkyl halides is 2. The summed E-state index contributed by atoms with van der Waals surface area (Å²) in [7, 11) is 0. The summed E-state index contributed by atoms with van der Waals surface area (Å²) < 4.78 is 26.4. The van der Waals surface area contributed by atoms with Gasteiger partial charge in [0.15, 0.2) is 5.16 Å². The fourth-order valence-electron chi connectivity index (χ4n) is 1.78. The zero-order valence-corrected chi connectivity index (χ0v) is 12.1. The van der Waals surface area contributed by atoms with Crippen molar-refractivity contribution < 1.29 is 8.78 Å². The molecular weight excluding hydrogens is 296 g/mol. The van der Waals surface area contributed by atoms with E-state index in [4.69, 9.17) is 5.26 Å². The Morgan fingerprint density at radius 2 is 1.95 bits per heavy atom. The minimum absolute atomic E-state index is 0.135. The van der Waals surface area contributed by atoms with E-state index < -0.39 is 11.5 Å². The Bertz CT molecular complexity index is 758. The second kappa shape index (κ2) is 5.66. The fourth-order valence-corrected chi connectivity index (χ4v) is 2.16. The largest absolute Gasteiger partial charge is 0.300 e. The average Bonchev–Trinajstić information content (AvgIpc) is 2.45. The number of halogens is 2. The van der Waals surface area contributed by atoms with E-state index in [2.05, 4.69) is 9.97 Å². The SMILES string of the molecule is CSc1nc(-c2ccc(C(C)(F)F)cc2)c(C#N)c(=O)[nH]1. The van der Waals surface area contributed by atoms with E-state index in [1.54, 1.807) is 12.3 Å². The molecule has 0 aliphatic carbocycles. The van der Waals surface area contributed by atoms with Gasteiger partial charge in [-0.25, -0.2) is 13.8 Å².